The second-order valence-electron chi connectivity index (χ2n) is 7.24. The van der Waals surface area contributed by atoms with E-state index in [0.717, 1.165) is 37.0 Å². The van der Waals surface area contributed by atoms with Crippen molar-refractivity contribution in [2.24, 2.45) is 0 Å². The summed E-state index contributed by atoms with van der Waals surface area (Å²) in [6.45, 7) is 5.41. The summed E-state index contributed by atoms with van der Waals surface area (Å²) in [5.74, 6) is -1.42. The van der Waals surface area contributed by atoms with Crippen LogP contribution in [0.2, 0.25) is 0 Å². The standard InChI is InChI=1S/C20H27N5O5S2/c1-4-29-18(27)15-12(3)16(19(28)30-5-2)32-17(15)21-14(26)11-31-20-22-23-24-25(20)13-9-7-6-8-10-13/h13H,4-11H2,1-3H3,(H,21,26). The van der Waals surface area contributed by atoms with E-state index in [9.17, 15) is 14.4 Å². The average Bonchev–Trinajstić information content (AvgIpc) is 3.37. The smallest absolute Gasteiger partial charge is 0.348 e. The lowest BCUT2D eigenvalue weighted by Gasteiger charge is -2.21. The highest BCUT2D eigenvalue weighted by molar-refractivity contribution is 7.99. The maximum absolute atomic E-state index is 12.7. The predicted octanol–water partition coefficient (Wildman–Crippen LogP) is 3.63. The maximum atomic E-state index is 12.7. The quantitative estimate of drug-likeness (QED) is 0.422. The number of amides is 1. The summed E-state index contributed by atoms with van der Waals surface area (Å²) >= 11 is 2.24. The second kappa shape index (κ2) is 11.4. The lowest BCUT2D eigenvalue weighted by atomic mass is 9.96. The summed E-state index contributed by atoms with van der Waals surface area (Å²) in [6, 6.07) is 0.256. The van der Waals surface area contributed by atoms with E-state index in [1.807, 2.05) is 0 Å². The van der Waals surface area contributed by atoms with E-state index in [1.54, 1.807) is 25.5 Å². The van der Waals surface area contributed by atoms with Crippen LogP contribution in [0.15, 0.2) is 5.16 Å². The Morgan fingerprint density at radius 1 is 1.12 bits per heavy atom. The van der Waals surface area contributed by atoms with Crippen LogP contribution in [0, 0.1) is 6.92 Å². The number of nitrogens with zero attached hydrogens (tertiary/aromatic N) is 4. The van der Waals surface area contributed by atoms with Gasteiger partial charge in [0.1, 0.15) is 9.88 Å². The van der Waals surface area contributed by atoms with Gasteiger partial charge in [0.2, 0.25) is 11.1 Å². The fraction of sp³-hybridized carbons (Fsp3) is 0.600. The Morgan fingerprint density at radius 2 is 1.81 bits per heavy atom. The Bertz CT molecular complexity index is 968. The van der Waals surface area contributed by atoms with Crippen molar-refractivity contribution in [3.8, 4) is 0 Å². The Morgan fingerprint density at radius 3 is 2.50 bits per heavy atom. The second-order valence-corrected chi connectivity index (χ2v) is 9.20. The molecule has 2 aromatic rings. The minimum absolute atomic E-state index is 0.0566. The Hall–Kier alpha value is -2.47. The first-order chi connectivity index (χ1) is 15.5. The fourth-order valence-corrected chi connectivity index (χ4v) is 5.42. The average molecular weight is 482 g/mol. The number of anilines is 1. The molecular weight excluding hydrogens is 454 g/mol. The Balaban J connectivity index is 1.72. The van der Waals surface area contributed by atoms with Crippen LogP contribution in [0.3, 0.4) is 0 Å². The lowest BCUT2D eigenvalue weighted by Crippen LogP contribution is -2.18. The molecule has 3 rings (SSSR count). The molecule has 0 spiro atoms. The third kappa shape index (κ3) is 5.66. The van der Waals surface area contributed by atoms with Gasteiger partial charge in [-0.2, -0.15) is 0 Å². The molecule has 1 aliphatic carbocycles. The van der Waals surface area contributed by atoms with E-state index >= 15 is 0 Å². The molecule has 0 atom stereocenters. The van der Waals surface area contributed by atoms with Crippen molar-refractivity contribution in [3.63, 3.8) is 0 Å². The van der Waals surface area contributed by atoms with Gasteiger partial charge < -0.3 is 14.8 Å². The van der Waals surface area contributed by atoms with Crippen molar-refractivity contribution in [1.82, 2.24) is 20.2 Å². The predicted molar refractivity (Wildman–Crippen MR) is 120 cm³/mol. The van der Waals surface area contributed by atoms with Crippen LogP contribution >= 0.6 is 23.1 Å². The van der Waals surface area contributed by atoms with Gasteiger partial charge in [-0.25, -0.2) is 14.3 Å². The minimum Gasteiger partial charge on any atom is -0.462 e. The molecule has 0 unspecified atom stereocenters. The first kappa shape index (κ1) is 24.2. The third-order valence-electron chi connectivity index (χ3n) is 5.06. The summed E-state index contributed by atoms with van der Waals surface area (Å²) < 4.78 is 12.0. The van der Waals surface area contributed by atoms with Crippen LogP contribution in [0.4, 0.5) is 5.00 Å². The van der Waals surface area contributed by atoms with Gasteiger partial charge >= 0.3 is 11.9 Å². The third-order valence-corrected chi connectivity index (χ3v) is 7.18. The maximum Gasteiger partial charge on any atom is 0.348 e. The SMILES string of the molecule is CCOC(=O)c1sc(NC(=O)CSc2nnnn2C2CCCCC2)c(C(=O)OCC)c1C. The normalized spacial score (nSPS) is 14.2. The summed E-state index contributed by atoms with van der Waals surface area (Å²) in [4.78, 5) is 37.7. The molecule has 0 saturated heterocycles. The number of hydrogen-bond donors (Lipinski definition) is 1. The summed E-state index contributed by atoms with van der Waals surface area (Å²) in [7, 11) is 0. The number of thiophene rings is 1. The van der Waals surface area contributed by atoms with Crippen molar-refractivity contribution < 1.29 is 23.9 Å². The topological polar surface area (TPSA) is 125 Å². The molecule has 0 aliphatic heterocycles. The largest absolute Gasteiger partial charge is 0.462 e. The van der Waals surface area contributed by atoms with Gasteiger partial charge in [0.05, 0.1) is 30.6 Å². The Labute approximate surface area is 194 Å². The monoisotopic (exact) mass is 481 g/mol. The number of hydrogen-bond acceptors (Lipinski definition) is 10. The van der Waals surface area contributed by atoms with Gasteiger partial charge in [0, 0.05) is 0 Å². The number of rotatable bonds is 9. The molecule has 12 heteroatoms. The molecule has 1 amide bonds. The van der Waals surface area contributed by atoms with E-state index in [1.165, 1.54) is 18.2 Å². The van der Waals surface area contributed by atoms with E-state index in [0.29, 0.717) is 10.7 Å². The van der Waals surface area contributed by atoms with Gasteiger partial charge in [-0.15, -0.1) is 16.4 Å². The van der Waals surface area contributed by atoms with Crippen molar-refractivity contribution in [3.05, 3.63) is 16.0 Å². The number of carbonyl (C=O) groups excluding carboxylic acids is 3. The molecule has 10 nitrogen and oxygen atoms in total. The van der Waals surface area contributed by atoms with E-state index in [-0.39, 0.29) is 46.4 Å². The number of aromatic nitrogens is 4. The molecule has 0 radical (unpaired) electrons. The van der Waals surface area contributed by atoms with E-state index < -0.39 is 11.9 Å². The number of ether oxygens (including phenoxy) is 2. The van der Waals surface area contributed by atoms with Crippen LogP contribution in [0.25, 0.3) is 0 Å². The molecule has 1 fully saturated rings. The summed E-state index contributed by atoms with van der Waals surface area (Å²) in [5.41, 5.74) is 0.599. The minimum atomic E-state index is -0.596. The highest BCUT2D eigenvalue weighted by Gasteiger charge is 2.27. The Kier molecular flexibility index (Phi) is 8.62. The van der Waals surface area contributed by atoms with Gasteiger partial charge in [-0.3, -0.25) is 4.79 Å². The van der Waals surface area contributed by atoms with Crippen molar-refractivity contribution in [2.75, 3.05) is 24.3 Å². The zero-order valence-electron chi connectivity index (χ0n) is 18.4. The molecule has 174 valence electrons. The van der Waals surface area contributed by atoms with Crippen LogP contribution in [-0.2, 0) is 14.3 Å². The molecular formula is C20H27N5O5S2. The zero-order valence-corrected chi connectivity index (χ0v) is 20.0. The molecule has 1 aliphatic rings. The van der Waals surface area contributed by atoms with Gasteiger partial charge in [-0.1, -0.05) is 31.0 Å². The van der Waals surface area contributed by atoms with Crippen LogP contribution in [0.5, 0.6) is 0 Å². The van der Waals surface area contributed by atoms with Crippen LogP contribution < -0.4 is 5.32 Å². The van der Waals surface area contributed by atoms with Crippen LogP contribution in [-0.4, -0.2) is 57.0 Å². The number of esters is 2. The molecule has 0 bridgehead atoms. The lowest BCUT2D eigenvalue weighted by molar-refractivity contribution is -0.113. The van der Waals surface area contributed by atoms with Crippen molar-refractivity contribution >= 4 is 45.9 Å². The van der Waals surface area contributed by atoms with Gasteiger partial charge in [-0.05, 0) is 49.6 Å². The molecule has 2 aromatic heterocycles. The molecule has 1 N–H and O–H groups in total. The number of tetrazole rings is 1. The van der Waals surface area contributed by atoms with E-state index in [4.69, 9.17) is 9.47 Å². The number of thioether (sulfide) groups is 1. The van der Waals surface area contributed by atoms with Gasteiger partial charge in [0.25, 0.3) is 0 Å². The highest BCUT2D eigenvalue weighted by atomic mass is 32.2. The summed E-state index contributed by atoms with van der Waals surface area (Å²) in [6.07, 6.45) is 5.57. The molecule has 1 saturated carbocycles. The zero-order chi connectivity index (χ0) is 23.1. The first-order valence-corrected chi connectivity index (χ1v) is 12.4. The molecule has 2 heterocycles. The summed E-state index contributed by atoms with van der Waals surface area (Å²) in [5, 5.41) is 15.5. The van der Waals surface area contributed by atoms with Gasteiger partial charge in [0.15, 0.2) is 0 Å². The number of nitrogens with one attached hydrogen (secondary N) is 1. The first-order valence-electron chi connectivity index (χ1n) is 10.6. The fourth-order valence-electron chi connectivity index (χ4n) is 3.57. The van der Waals surface area contributed by atoms with Crippen molar-refractivity contribution in [2.45, 2.75) is 64.1 Å². The van der Waals surface area contributed by atoms with Crippen molar-refractivity contribution in [1.29, 1.82) is 0 Å². The molecule has 32 heavy (non-hydrogen) atoms. The molecule has 0 aromatic carbocycles. The van der Waals surface area contributed by atoms with Crippen LogP contribution in [0.1, 0.15) is 77.6 Å². The van der Waals surface area contributed by atoms with E-state index in [2.05, 4.69) is 20.8 Å². The number of carbonyl (C=O) groups is 3. The highest BCUT2D eigenvalue weighted by Crippen LogP contribution is 2.35.